The Balaban J connectivity index is 1.22. The average Bonchev–Trinajstić information content (AvgIpc) is 3.63. The van der Waals surface area contributed by atoms with Crippen LogP contribution in [0.25, 0.3) is 28.4 Å². The lowest BCUT2D eigenvalue weighted by atomic mass is 10.2. The fraction of sp³-hybridized carbons (Fsp3) is 0.292. The molecule has 1 saturated heterocycles. The highest BCUT2D eigenvalue weighted by atomic mass is 19.1. The number of hydrogen-bond acceptors (Lipinski definition) is 9. The Morgan fingerprint density at radius 2 is 1.95 bits per heavy atom. The molecule has 1 aliphatic heterocycles. The molecule has 4 aromatic heterocycles. The Morgan fingerprint density at radius 1 is 1.14 bits per heavy atom. The number of imidazole rings is 1. The molecule has 13 heteroatoms. The van der Waals surface area contributed by atoms with E-state index in [1.807, 2.05) is 6.07 Å². The number of furan rings is 1. The zero-order valence-electron chi connectivity index (χ0n) is 20.0. The summed E-state index contributed by atoms with van der Waals surface area (Å²) in [5.74, 6) is 0.452. The van der Waals surface area contributed by atoms with Crippen molar-refractivity contribution in [2.75, 3.05) is 43.4 Å². The number of nitrogens with two attached hydrogens (primary N) is 1. The number of aromatic nitrogens is 6. The maximum atomic E-state index is 14.0. The van der Waals surface area contributed by atoms with Crippen LogP contribution in [0.5, 0.6) is 0 Å². The second kappa shape index (κ2) is 8.75. The van der Waals surface area contributed by atoms with E-state index in [0.29, 0.717) is 54.6 Å². The highest BCUT2D eigenvalue weighted by Crippen LogP contribution is 2.23. The first kappa shape index (κ1) is 22.7. The summed E-state index contributed by atoms with van der Waals surface area (Å²) in [6.45, 7) is 3.96. The minimum atomic E-state index is -0.511. The number of piperazine rings is 1. The first-order chi connectivity index (χ1) is 17.9. The molecule has 6 rings (SSSR count). The Morgan fingerprint density at radius 3 is 2.65 bits per heavy atom. The monoisotopic (exact) mass is 502 g/mol. The van der Waals surface area contributed by atoms with Crippen LogP contribution in [0.15, 0.2) is 45.8 Å². The summed E-state index contributed by atoms with van der Waals surface area (Å²) in [4.78, 5) is 26.5. The maximum absolute atomic E-state index is 14.0. The molecule has 0 spiro atoms. The molecule has 12 nitrogen and oxygen atoms in total. The summed E-state index contributed by atoms with van der Waals surface area (Å²) >= 11 is 0. The van der Waals surface area contributed by atoms with Crippen molar-refractivity contribution in [1.82, 2.24) is 33.6 Å². The third-order valence-corrected chi connectivity index (χ3v) is 6.77. The van der Waals surface area contributed by atoms with Gasteiger partial charge in [-0.25, -0.2) is 14.2 Å². The van der Waals surface area contributed by atoms with Crippen LogP contribution in [0.1, 0.15) is 5.56 Å². The van der Waals surface area contributed by atoms with E-state index in [-0.39, 0.29) is 17.2 Å². The lowest BCUT2D eigenvalue weighted by molar-refractivity contribution is 0.248. The topological polar surface area (TPSA) is 139 Å². The summed E-state index contributed by atoms with van der Waals surface area (Å²) in [6, 6.07) is 10.0. The van der Waals surface area contributed by atoms with Crippen LogP contribution in [0.2, 0.25) is 0 Å². The summed E-state index contributed by atoms with van der Waals surface area (Å²) < 4.78 is 24.0. The van der Waals surface area contributed by atoms with Crippen LogP contribution in [-0.2, 0) is 13.6 Å². The molecule has 5 heterocycles. The van der Waals surface area contributed by atoms with Crippen molar-refractivity contribution in [2.45, 2.75) is 6.54 Å². The van der Waals surface area contributed by atoms with Gasteiger partial charge >= 0.3 is 5.69 Å². The predicted molar refractivity (Wildman–Crippen MR) is 133 cm³/mol. The lowest BCUT2D eigenvalue weighted by Gasteiger charge is -2.36. The fourth-order valence-electron chi connectivity index (χ4n) is 4.76. The number of halogens is 1. The van der Waals surface area contributed by atoms with Gasteiger partial charge in [0.1, 0.15) is 17.4 Å². The van der Waals surface area contributed by atoms with E-state index in [9.17, 15) is 9.18 Å². The first-order valence-electron chi connectivity index (χ1n) is 11.8. The van der Waals surface area contributed by atoms with E-state index in [1.165, 1.54) is 27.5 Å². The van der Waals surface area contributed by atoms with Gasteiger partial charge in [-0.15, -0.1) is 5.10 Å². The second-order valence-electron chi connectivity index (χ2n) is 8.89. The van der Waals surface area contributed by atoms with E-state index in [1.54, 1.807) is 29.8 Å². The number of anilines is 2. The number of aryl methyl sites for hydroxylation is 1. The molecule has 0 radical (unpaired) electrons. The van der Waals surface area contributed by atoms with Gasteiger partial charge in [-0.1, -0.05) is 0 Å². The largest absolute Gasteiger partial charge is 0.461 e. The van der Waals surface area contributed by atoms with Crippen LogP contribution < -0.4 is 16.3 Å². The van der Waals surface area contributed by atoms with Gasteiger partial charge in [0.15, 0.2) is 17.1 Å². The number of nitrogen functional groups attached to an aromatic ring is 1. The van der Waals surface area contributed by atoms with Crippen LogP contribution in [0.4, 0.5) is 16.0 Å². The summed E-state index contributed by atoms with van der Waals surface area (Å²) in [5.41, 5.74) is 8.18. The van der Waals surface area contributed by atoms with E-state index in [2.05, 4.69) is 24.9 Å². The van der Waals surface area contributed by atoms with Crippen molar-refractivity contribution in [1.29, 1.82) is 5.26 Å². The van der Waals surface area contributed by atoms with Crippen LogP contribution in [0.3, 0.4) is 0 Å². The smallest absolute Gasteiger partial charge is 0.330 e. The van der Waals surface area contributed by atoms with Crippen molar-refractivity contribution >= 4 is 28.4 Å². The SMILES string of the molecule is Cn1c(=O)n(CCN2CCN(c3ccc(C#N)c(F)c3)CC2)c2nc(N)n3nc(-c4ccco4)nc3c21. The second-order valence-corrected chi connectivity index (χ2v) is 8.89. The van der Waals surface area contributed by atoms with Gasteiger partial charge in [0, 0.05) is 52.0 Å². The third kappa shape index (κ3) is 3.78. The van der Waals surface area contributed by atoms with E-state index < -0.39 is 5.82 Å². The molecular formula is C24H23FN10O2. The van der Waals surface area contributed by atoms with E-state index in [0.717, 1.165) is 18.8 Å². The van der Waals surface area contributed by atoms with E-state index >= 15 is 0 Å². The Bertz CT molecular complexity index is 1720. The van der Waals surface area contributed by atoms with Crippen molar-refractivity contribution < 1.29 is 8.81 Å². The molecule has 188 valence electrons. The molecule has 1 aliphatic rings. The third-order valence-electron chi connectivity index (χ3n) is 6.77. The molecule has 1 fully saturated rings. The highest BCUT2D eigenvalue weighted by Gasteiger charge is 2.23. The Labute approximate surface area is 209 Å². The molecule has 0 bridgehead atoms. The van der Waals surface area contributed by atoms with Crippen molar-refractivity contribution in [2.24, 2.45) is 7.05 Å². The Kier molecular flexibility index (Phi) is 5.38. The summed E-state index contributed by atoms with van der Waals surface area (Å²) in [5, 5.41) is 13.3. The number of nitriles is 1. The summed E-state index contributed by atoms with van der Waals surface area (Å²) in [7, 11) is 1.68. The molecular weight excluding hydrogens is 479 g/mol. The number of fused-ring (bicyclic) bond motifs is 3. The molecule has 5 aromatic rings. The van der Waals surface area contributed by atoms with Gasteiger partial charge in [-0.3, -0.25) is 14.0 Å². The summed E-state index contributed by atoms with van der Waals surface area (Å²) in [6.07, 6.45) is 1.53. The maximum Gasteiger partial charge on any atom is 0.330 e. The van der Waals surface area contributed by atoms with Crippen molar-refractivity contribution in [3.05, 3.63) is 58.5 Å². The van der Waals surface area contributed by atoms with Gasteiger partial charge < -0.3 is 15.1 Å². The zero-order chi connectivity index (χ0) is 25.7. The van der Waals surface area contributed by atoms with Gasteiger partial charge in [0.2, 0.25) is 11.8 Å². The first-order valence-corrected chi connectivity index (χ1v) is 11.8. The standard InChI is InChI=1S/C24H23FN10O2/c1-31-19-21(29-23(27)35-22(19)28-20(30-35)18-3-2-12-37-18)34(24(31)36)11-8-32-6-9-33(10-7-32)16-5-4-15(14-26)17(25)13-16/h2-5,12-13H,6-11H2,1H3,(H2,27,29). The zero-order valence-corrected chi connectivity index (χ0v) is 20.0. The molecule has 2 N–H and O–H groups in total. The molecule has 0 unspecified atom stereocenters. The lowest BCUT2D eigenvalue weighted by Crippen LogP contribution is -2.47. The molecule has 0 amide bonds. The van der Waals surface area contributed by atoms with Gasteiger partial charge in [0.05, 0.1) is 11.8 Å². The molecule has 0 saturated carbocycles. The van der Waals surface area contributed by atoms with Gasteiger partial charge in [-0.2, -0.15) is 14.8 Å². The molecule has 37 heavy (non-hydrogen) atoms. The molecule has 0 atom stereocenters. The predicted octanol–water partition coefficient (Wildman–Crippen LogP) is 1.45. The van der Waals surface area contributed by atoms with Gasteiger partial charge in [-0.05, 0) is 30.3 Å². The minimum Gasteiger partial charge on any atom is -0.461 e. The quantitative estimate of drug-likeness (QED) is 0.378. The average molecular weight is 503 g/mol. The van der Waals surface area contributed by atoms with Crippen LogP contribution in [0, 0.1) is 17.1 Å². The van der Waals surface area contributed by atoms with Crippen molar-refractivity contribution in [3.8, 4) is 17.7 Å². The highest BCUT2D eigenvalue weighted by molar-refractivity contribution is 5.88. The number of nitrogens with zero attached hydrogens (tertiary/aromatic N) is 9. The van der Waals surface area contributed by atoms with Gasteiger partial charge in [0.25, 0.3) is 0 Å². The number of hydrogen-bond donors (Lipinski definition) is 1. The van der Waals surface area contributed by atoms with E-state index in [4.69, 9.17) is 15.4 Å². The number of rotatable bonds is 5. The molecule has 0 aliphatic carbocycles. The normalized spacial score (nSPS) is 14.6. The van der Waals surface area contributed by atoms with Crippen LogP contribution >= 0.6 is 0 Å². The molecule has 1 aromatic carbocycles. The number of benzene rings is 1. The van der Waals surface area contributed by atoms with Crippen LogP contribution in [-0.4, -0.2) is 66.3 Å². The van der Waals surface area contributed by atoms with Crippen molar-refractivity contribution in [3.63, 3.8) is 0 Å². The fourth-order valence-corrected chi connectivity index (χ4v) is 4.76. The Hall–Kier alpha value is -4.70. The minimum absolute atomic E-state index is 0.0396.